The number of benzene rings is 2. The zero-order valence-corrected chi connectivity index (χ0v) is 9.45. The Labute approximate surface area is 96.5 Å². The lowest BCUT2D eigenvalue weighted by Crippen LogP contribution is -2.26. The predicted molar refractivity (Wildman–Crippen MR) is 68.8 cm³/mol. The van der Waals surface area contributed by atoms with Crippen LogP contribution >= 0.6 is 0 Å². The number of hydrogen-bond acceptors (Lipinski definition) is 1. The monoisotopic (exact) mass is 211 g/mol. The van der Waals surface area contributed by atoms with Gasteiger partial charge in [0.2, 0.25) is 0 Å². The van der Waals surface area contributed by atoms with E-state index in [1.54, 1.807) is 0 Å². The maximum Gasteiger partial charge on any atom is -0.00431 e. The Hall–Kier alpha value is -1.34. The van der Waals surface area contributed by atoms with Crippen LogP contribution in [-0.4, -0.2) is 13.1 Å². The summed E-state index contributed by atoms with van der Waals surface area (Å²) in [4.78, 5) is 0. The molecule has 1 saturated heterocycles. The summed E-state index contributed by atoms with van der Waals surface area (Å²) in [5.41, 5.74) is 1.51. The van der Waals surface area contributed by atoms with Crippen molar-refractivity contribution in [3.8, 4) is 0 Å². The molecule has 3 rings (SSSR count). The van der Waals surface area contributed by atoms with E-state index in [1.807, 2.05) is 0 Å². The van der Waals surface area contributed by atoms with E-state index in [4.69, 9.17) is 0 Å². The molecule has 1 nitrogen and oxygen atoms in total. The first-order valence-electron chi connectivity index (χ1n) is 6.13. The fourth-order valence-corrected chi connectivity index (χ4v) is 2.62. The third kappa shape index (κ3) is 1.83. The van der Waals surface area contributed by atoms with Crippen LogP contribution < -0.4 is 5.32 Å². The molecule has 0 spiro atoms. The van der Waals surface area contributed by atoms with Gasteiger partial charge in [0.15, 0.2) is 0 Å². The first kappa shape index (κ1) is 9.86. The fraction of sp³-hybridized carbons (Fsp3) is 0.333. The lowest BCUT2D eigenvalue weighted by Gasteiger charge is -2.23. The first-order valence-corrected chi connectivity index (χ1v) is 6.13. The van der Waals surface area contributed by atoms with Crippen LogP contribution in [0.2, 0.25) is 0 Å². The molecular formula is C15H17N. The molecule has 1 aliphatic heterocycles. The lowest BCUT2D eigenvalue weighted by molar-refractivity contribution is 0.460. The fourth-order valence-electron chi connectivity index (χ4n) is 2.62. The average molecular weight is 211 g/mol. The first-order chi connectivity index (χ1) is 7.93. The zero-order chi connectivity index (χ0) is 10.8. The number of rotatable bonds is 1. The molecule has 1 fully saturated rings. The van der Waals surface area contributed by atoms with E-state index in [2.05, 4.69) is 47.8 Å². The Morgan fingerprint density at radius 2 is 1.62 bits per heavy atom. The lowest BCUT2D eigenvalue weighted by atomic mass is 9.89. The highest BCUT2D eigenvalue weighted by Crippen LogP contribution is 2.27. The predicted octanol–water partition coefficient (Wildman–Crippen LogP) is 3.31. The maximum absolute atomic E-state index is 3.42. The minimum Gasteiger partial charge on any atom is -0.317 e. The third-order valence-corrected chi connectivity index (χ3v) is 3.58. The normalized spacial score (nSPS) is 17.8. The molecular weight excluding hydrogens is 194 g/mol. The van der Waals surface area contributed by atoms with Crippen molar-refractivity contribution in [3.05, 3.63) is 48.0 Å². The van der Waals surface area contributed by atoms with Crippen molar-refractivity contribution >= 4 is 10.8 Å². The van der Waals surface area contributed by atoms with Gasteiger partial charge in [-0.1, -0.05) is 42.5 Å². The summed E-state index contributed by atoms with van der Waals surface area (Å²) in [5, 5.41) is 6.14. The molecule has 0 bridgehead atoms. The Bertz CT molecular complexity index is 484. The van der Waals surface area contributed by atoms with Crippen LogP contribution in [0.1, 0.15) is 24.3 Å². The van der Waals surface area contributed by atoms with Crippen molar-refractivity contribution in [1.29, 1.82) is 0 Å². The molecule has 1 aliphatic rings. The number of fused-ring (bicyclic) bond motifs is 1. The van der Waals surface area contributed by atoms with Gasteiger partial charge < -0.3 is 5.32 Å². The van der Waals surface area contributed by atoms with Gasteiger partial charge in [0, 0.05) is 0 Å². The van der Waals surface area contributed by atoms with Gasteiger partial charge in [-0.3, -0.25) is 0 Å². The van der Waals surface area contributed by atoms with Crippen molar-refractivity contribution in [2.75, 3.05) is 13.1 Å². The summed E-state index contributed by atoms with van der Waals surface area (Å²) >= 11 is 0. The van der Waals surface area contributed by atoms with Gasteiger partial charge in [-0.25, -0.2) is 0 Å². The third-order valence-electron chi connectivity index (χ3n) is 3.58. The molecule has 0 atom stereocenters. The number of piperidine rings is 1. The molecule has 2 aromatic rings. The second-order valence-electron chi connectivity index (χ2n) is 4.63. The largest absolute Gasteiger partial charge is 0.317 e. The molecule has 2 aromatic carbocycles. The molecule has 1 N–H and O–H groups in total. The summed E-state index contributed by atoms with van der Waals surface area (Å²) in [7, 11) is 0. The van der Waals surface area contributed by atoms with Gasteiger partial charge in [-0.15, -0.1) is 0 Å². The molecule has 0 saturated carbocycles. The van der Waals surface area contributed by atoms with Crippen molar-refractivity contribution < 1.29 is 0 Å². The SMILES string of the molecule is c1ccc2cc(C3CCNCC3)ccc2c1. The molecule has 0 radical (unpaired) electrons. The van der Waals surface area contributed by atoms with E-state index >= 15 is 0 Å². The summed E-state index contributed by atoms with van der Waals surface area (Å²) in [6.07, 6.45) is 2.55. The van der Waals surface area contributed by atoms with Crippen LogP contribution in [-0.2, 0) is 0 Å². The van der Waals surface area contributed by atoms with E-state index in [9.17, 15) is 0 Å². The molecule has 1 heterocycles. The molecule has 0 aromatic heterocycles. The Morgan fingerprint density at radius 3 is 2.44 bits per heavy atom. The van der Waals surface area contributed by atoms with Gasteiger partial charge in [0.05, 0.1) is 0 Å². The van der Waals surface area contributed by atoms with Crippen LogP contribution in [0.3, 0.4) is 0 Å². The second-order valence-corrected chi connectivity index (χ2v) is 4.63. The smallest absolute Gasteiger partial charge is 0.00431 e. The highest BCUT2D eigenvalue weighted by atomic mass is 14.9. The standard InChI is InChI=1S/C15H17N/c1-2-4-14-11-15(6-5-12(14)3-1)13-7-9-16-10-8-13/h1-6,11,13,16H,7-10H2. The Kier molecular flexibility index (Phi) is 2.63. The van der Waals surface area contributed by atoms with Gasteiger partial charge in [0.25, 0.3) is 0 Å². The summed E-state index contributed by atoms with van der Waals surface area (Å²) < 4.78 is 0. The van der Waals surface area contributed by atoms with Crippen molar-refractivity contribution in [2.45, 2.75) is 18.8 Å². The number of hydrogen-bond donors (Lipinski definition) is 1. The highest BCUT2D eigenvalue weighted by molar-refractivity contribution is 5.83. The van der Waals surface area contributed by atoms with Gasteiger partial charge in [0.1, 0.15) is 0 Å². The van der Waals surface area contributed by atoms with Crippen LogP contribution in [0.25, 0.3) is 10.8 Å². The van der Waals surface area contributed by atoms with Crippen molar-refractivity contribution in [1.82, 2.24) is 5.32 Å². The topological polar surface area (TPSA) is 12.0 Å². The molecule has 82 valence electrons. The van der Waals surface area contributed by atoms with Crippen LogP contribution in [0.5, 0.6) is 0 Å². The van der Waals surface area contributed by atoms with E-state index in [0.29, 0.717) is 0 Å². The molecule has 1 heteroatoms. The molecule has 0 aliphatic carbocycles. The summed E-state index contributed by atoms with van der Waals surface area (Å²) in [6, 6.07) is 15.5. The molecule has 0 amide bonds. The van der Waals surface area contributed by atoms with E-state index in [-0.39, 0.29) is 0 Å². The van der Waals surface area contributed by atoms with Crippen LogP contribution in [0.15, 0.2) is 42.5 Å². The second kappa shape index (κ2) is 4.26. The van der Waals surface area contributed by atoms with Gasteiger partial charge in [-0.2, -0.15) is 0 Å². The summed E-state index contributed by atoms with van der Waals surface area (Å²) in [5.74, 6) is 0.755. The molecule has 0 unspecified atom stereocenters. The minimum absolute atomic E-state index is 0.755. The Balaban J connectivity index is 1.97. The van der Waals surface area contributed by atoms with Crippen molar-refractivity contribution in [3.63, 3.8) is 0 Å². The van der Waals surface area contributed by atoms with E-state index in [1.165, 1.54) is 29.2 Å². The van der Waals surface area contributed by atoms with Crippen LogP contribution in [0, 0.1) is 0 Å². The van der Waals surface area contributed by atoms with E-state index < -0.39 is 0 Å². The number of nitrogens with one attached hydrogen (secondary N) is 1. The molecule has 16 heavy (non-hydrogen) atoms. The van der Waals surface area contributed by atoms with Gasteiger partial charge >= 0.3 is 0 Å². The van der Waals surface area contributed by atoms with Gasteiger partial charge in [-0.05, 0) is 48.2 Å². The summed E-state index contributed by atoms with van der Waals surface area (Å²) in [6.45, 7) is 2.33. The highest BCUT2D eigenvalue weighted by Gasteiger charge is 2.14. The average Bonchev–Trinajstić information content (AvgIpc) is 2.39. The van der Waals surface area contributed by atoms with E-state index in [0.717, 1.165) is 19.0 Å². The Morgan fingerprint density at radius 1 is 0.875 bits per heavy atom. The zero-order valence-electron chi connectivity index (χ0n) is 9.45. The quantitative estimate of drug-likeness (QED) is 0.763. The maximum atomic E-state index is 3.42. The minimum atomic E-state index is 0.755. The van der Waals surface area contributed by atoms with Crippen molar-refractivity contribution in [2.24, 2.45) is 0 Å². The van der Waals surface area contributed by atoms with Crippen LogP contribution in [0.4, 0.5) is 0 Å².